The molecule has 0 aliphatic carbocycles. The van der Waals surface area contributed by atoms with E-state index in [1.807, 2.05) is 25.3 Å². The highest BCUT2D eigenvalue weighted by Crippen LogP contribution is 2.32. The molecule has 0 saturated heterocycles. The van der Waals surface area contributed by atoms with Gasteiger partial charge < -0.3 is 15.0 Å². The molecular weight excluding hydrogens is 310 g/mol. The van der Waals surface area contributed by atoms with Crippen LogP contribution in [-0.4, -0.2) is 42.2 Å². The lowest BCUT2D eigenvalue weighted by Crippen LogP contribution is -2.25. The maximum Gasteiger partial charge on any atom is 0.145 e. The second-order valence-electron chi connectivity index (χ2n) is 6.62. The van der Waals surface area contributed by atoms with Crippen LogP contribution in [0.3, 0.4) is 0 Å². The maximum atomic E-state index is 5.74. The fourth-order valence-electron chi connectivity index (χ4n) is 3.24. The van der Waals surface area contributed by atoms with Crippen molar-refractivity contribution >= 4 is 16.6 Å². The minimum atomic E-state index is 0.426. The molecule has 1 unspecified atom stereocenters. The first kappa shape index (κ1) is 19.5. The Morgan fingerprint density at radius 2 is 1.96 bits per heavy atom. The van der Waals surface area contributed by atoms with E-state index in [1.165, 1.54) is 24.2 Å². The number of fused-ring (bicyclic) bond motifs is 1. The zero-order valence-electron chi connectivity index (χ0n) is 16.4. The van der Waals surface area contributed by atoms with Crippen LogP contribution >= 0.6 is 0 Å². The number of aryl methyl sites for hydroxylation is 1. The molecule has 0 amide bonds. The first-order valence-corrected chi connectivity index (χ1v) is 9.60. The van der Waals surface area contributed by atoms with E-state index in [4.69, 9.17) is 4.74 Å². The number of pyridine rings is 1. The zero-order valence-corrected chi connectivity index (χ0v) is 16.4. The van der Waals surface area contributed by atoms with Crippen molar-refractivity contribution in [2.24, 2.45) is 0 Å². The summed E-state index contributed by atoms with van der Waals surface area (Å²) < 4.78 is 5.74. The van der Waals surface area contributed by atoms with Crippen molar-refractivity contribution in [1.82, 2.24) is 9.88 Å². The molecule has 0 bridgehead atoms. The molecule has 1 aromatic heterocycles. The molecule has 1 N–H and O–H groups in total. The number of nitrogens with zero attached hydrogens (tertiary/aromatic N) is 2. The van der Waals surface area contributed by atoms with Crippen LogP contribution in [0.15, 0.2) is 24.4 Å². The van der Waals surface area contributed by atoms with Crippen molar-refractivity contribution in [3.05, 3.63) is 30.0 Å². The van der Waals surface area contributed by atoms with Gasteiger partial charge in [-0.2, -0.15) is 0 Å². The summed E-state index contributed by atoms with van der Waals surface area (Å²) in [6, 6.07) is 6.59. The third-order valence-corrected chi connectivity index (χ3v) is 4.75. The predicted molar refractivity (Wildman–Crippen MR) is 108 cm³/mol. The number of aromatic nitrogens is 1. The molecule has 0 spiro atoms. The number of hydrogen-bond donors (Lipinski definition) is 1. The van der Waals surface area contributed by atoms with Gasteiger partial charge in [-0.05, 0) is 64.9 Å². The molecule has 0 aliphatic rings. The van der Waals surface area contributed by atoms with Crippen molar-refractivity contribution in [2.75, 3.05) is 31.6 Å². The van der Waals surface area contributed by atoms with E-state index in [9.17, 15) is 0 Å². The van der Waals surface area contributed by atoms with E-state index in [2.05, 4.69) is 49.0 Å². The van der Waals surface area contributed by atoms with Crippen LogP contribution in [0.5, 0.6) is 5.75 Å². The molecule has 0 radical (unpaired) electrons. The Hall–Kier alpha value is -1.81. The number of nitrogens with one attached hydrogen (secondary N) is 1. The summed E-state index contributed by atoms with van der Waals surface area (Å²) in [6.45, 7) is 14.9. The highest BCUT2D eigenvalue weighted by atomic mass is 16.5. The van der Waals surface area contributed by atoms with Gasteiger partial charge >= 0.3 is 0 Å². The van der Waals surface area contributed by atoms with Crippen LogP contribution in [0.4, 0.5) is 5.69 Å². The van der Waals surface area contributed by atoms with E-state index in [0.29, 0.717) is 12.6 Å². The van der Waals surface area contributed by atoms with Gasteiger partial charge in [0.05, 0.1) is 6.61 Å². The van der Waals surface area contributed by atoms with Gasteiger partial charge in [0, 0.05) is 23.3 Å². The smallest absolute Gasteiger partial charge is 0.145 e. The highest BCUT2D eigenvalue weighted by Gasteiger charge is 2.12. The lowest BCUT2D eigenvalue weighted by Gasteiger charge is -2.22. The summed E-state index contributed by atoms with van der Waals surface area (Å²) in [4.78, 5) is 7.08. The molecule has 1 atom stereocenters. The van der Waals surface area contributed by atoms with Crippen molar-refractivity contribution in [2.45, 2.75) is 53.5 Å². The highest BCUT2D eigenvalue weighted by molar-refractivity contribution is 5.96. The summed E-state index contributed by atoms with van der Waals surface area (Å²) >= 11 is 0. The first-order valence-electron chi connectivity index (χ1n) is 9.60. The minimum Gasteiger partial charge on any atom is -0.492 e. The molecule has 1 heterocycles. The largest absolute Gasteiger partial charge is 0.492 e. The average Bonchev–Trinajstić information content (AvgIpc) is 2.61. The van der Waals surface area contributed by atoms with E-state index in [0.717, 1.165) is 36.2 Å². The quantitative estimate of drug-likeness (QED) is 0.668. The molecule has 1 aromatic carbocycles. The number of ether oxygens (including phenoxy) is 1. The Labute approximate surface area is 152 Å². The number of hydrogen-bond acceptors (Lipinski definition) is 4. The summed E-state index contributed by atoms with van der Waals surface area (Å²) in [5.41, 5.74) is 3.30. The van der Waals surface area contributed by atoms with Crippen LogP contribution in [0.1, 0.15) is 46.1 Å². The fraction of sp³-hybridized carbons (Fsp3) is 0.571. The lowest BCUT2D eigenvalue weighted by atomic mass is 10.1. The predicted octanol–water partition coefficient (Wildman–Crippen LogP) is 4.86. The van der Waals surface area contributed by atoms with Crippen LogP contribution in [0.25, 0.3) is 10.9 Å². The Morgan fingerprint density at radius 1 is 1.20 bits per heavy atom. The topological polar surface area (TPSA) is 37.4 Å². The second kappa shape index (κ2) is 9.62. The second-order valence-corrected chi connectivity index (χ2v) is 6.62. The van der Waals surface area contributed by atoms with Gasteiger partial charge in [-0.1, -0.05) is 26.0 Å². The number of anilines is 1. The zero-order chi connectivity index (χ0) is 18.2. The summed E-state index contributed by atoms with van der Waals surface area (Å²) in [7, 11) is 0. The van der Waals surface area contributed by atoms with E-state index in [1.54, 1.807) is 0 Å². The third kappa shape index (κ3) is 5.08. The fourth-order valence-corrected chi connectivity index (χ4v) is 3.24. The molecule has 0 saturated carbocycles. The van der Waals surface area contributed by atoms with Crippen molar-refractivity contribution < 1.29 is 4.74 Å². The molecule has 2 rings (SSSR count). The summed E-state index contributed by atoms with van der Waals surface area (Å²) in [6.07, 6.45) is 4.31. The molecule has 4 nitrogen and oxygen atoms in total. The monoisotopic (exact) mass is 343 g/mol. The standard InChI is InChI=1S/C21H33N3O/c1-6-24(7-2)14-10-11-17(5)23-20-16(4)15-22-21-18(20)12-9-13-19(21)25-8-3/h9,12-13,15,17H,6-8,10-11,14H2,1-5H3,(H,22,23). The molecule has 0 fully saturated rings. The normalized spacial score (nSPS) is 12.6. The average molecular weight is 344 g/mol. The first-order chi connectivity index (χ1) is 12.1. The molecule has 138 valence electrons. The molecule has 2 aromatic rings. The van der Waals surface area contributed by atoms with Crippen LogP contribution in [-0.2, 0) is 0 Å². The van der Waals surface area contributed by atoms with E-state index < -0.39 is 0 Å². The number of rotatable bonds is 10. The van der Waals surface area contributed by atoms with Gasteiger partial charge in [-0.3, -0.25) is 4.98 Å². The molecular formula is C21H33N3O. The van der Waals surface area contributed by atoms with Gasteiger partial charge in [-0.15, -0.1) is 0 Å². The molecule has 25 heavy (non-hydrogen) atoms. The SMILES string of the molecule is CCOc1cccc2c(NC(C)CCCN(CC)CC)c(C)cnc12. The van der Waals surface area contributed by atoms with E-state index in [-0.39, 0.29) is 0 Å². The van der Waals surface area contributed by atoms with Crippen LogP contribution < -0.4 is 10.1 Å². The maximum absolute atomic E-state index is 5.74. The van der Waals surface area contributed by atoms with Crippen molar-refractivity contribution in [3.8, 4) is 5.75 Å². The van der Waals surface area contributed by atoms with E-state index >= 15 is 0 Å². The third-order valence-electron chi connectivity index (χ3n) is 4.75. The van der Waals surface area contributed by atoms with Gasteiger partial charge in [0.15, 0.2) is 0 Å². The van der Waals surface area contributed by atoms with Gasteiger partial charge in [0.1, 0.15) is 11.3 Å². The Balaban J connectivity index is 2.11. The summed E-state index contributed by atoms with van der Waals surface area (Å²) in [5.74, 6) is 0.859. The molecule has 0 aliphatic heterocycles. The number of benzene rings is 1. The van der Waals surface area contributed by atoms with Crippen LogP contribution in [0, 0.1) is 6.92 Å². The van der Waals surface area contributed by atoms with Gasteiger partial charge in [-0.25, -0.2) is 0 Å². The Kier molecular flexibility index (Phi) is 7.51. The lowest BCUT2D eigenvalue weighted by molar-refractivity contribution is 0.295. The van der Waals surface area contributed by atoms with Gasteiger partial charge in [0.25, 0.3) is 0 Å². The van der Waals surface area contributed by atoms with Crippen molar-refractivity contribution in [3.63, 3.8) is 0 Å². The van der Waals surface area contributed by atoms with Crippen LogP contribution in [0.2, 0.25) is 0 Å². The molecule has 4 heteroatoms. The van der Waals surface area contributed by atoms with Gasteiger partial charge in [0.2, 0.25) is 0 Å². The Bertz CT molecular complexity index is 667. The van der Waals surface area contributed by atoms with Crippen molar-refractivity contribution in [1.29, 1.82) is 0 Å². The Morgan fingerprint density at radius 3 is 2.64 bits per heavy atom. The summed E-state index contributed by atoms with van der Waals surface area (Å²) in [5, 5.41) is 4.86. The minimum absolute atomic E-state index is 0.426. The number of para-hydroxylation sites is 1.